The van der Waals surface area contributed by atoms with E-state index < -0.39 is 6.04 Å². The van der Waals surface area contributed by atoms with Crippen molar-refractivity contribution in [2.75, 3.05) is 0 Å². The topological polar surface area (TPSA) is 75.2 Å². The maximum atomic E-state index is 12.9. The second-order valence-electron chi connectivity index (χ2n) is 5.45. The number of aromatic nitrogens is 2. The van der Waals surface area contributed by atoms with Gasteiger partial charge in [0.1, 0.15) is 12.4 Å². The van der Waals surface area contributed by atoms with Crippen molar-refractivity contribution in [3.05, 3.63) is 59.7 Å². The van der Waals surface area contributed by atoms with E-state index in [4.69, 9.17) is 0 Å². The highest BCUT2D eigenvalue weighted by Crippen LogP contribution is 2.24. The number of amides is 2. The van der Waals surface area contributed by atoms with Crippen molar-refractivity contribution in [3.8, 4) is 0 Å². The van der Waals surface area contributed by atoms with Gasteiger partial charge in [-0.2, -0.15) is 0 Å². The lowest BCUT2D eigenvalue weighted by molar-refractivity contribution is -0.137. The molecule has 0 saturated heterocycles. The van der Waals surface area contributed by atoms with Gasteiger partial charge in [0.2, 0.25) is 11.8 Å². The molecule has 0 aliphatic carbocycles. The summed E-state index contributed by atoms with van der Waals surface area (Å²) < 4.78 is 0. The standard InChI is InChI=1S/C17H18N4O2/c1-2-15(22)20-16(12-6-4-3-5-7-12)17(23)21-9-13-8-18-11-19-14(13)10-21/h3-8,11,16H,2,9-10H2,1H3,(H,20,22). The van der Waals surface area contributed by atoms with Crippen molar-refractivity contribution >= 4 is 11.8 Å². The molecule has 2 aromatic rings. The van der Waals surface area contributed by atoms with Crippen LogP contribution in [0.4, 0.5) is 0 Å². The Kier molecular flexibility index (Phi) is 4.32. The van der Waals surface area contributed by atoms with Crippen LogP contribution in [0.15, 0.2) is 42.9 Å². The van der Waals surface area contributed by atoms with Gasteiger partial charge in [-0.25, -0.2) is 9.97 Å². The molecule has 3 rings (SSSR count). The van der Waals surface area contributed by atoms with Crippen LogP contribution in [0.25, 0.3) is 0 Å². The summed E-state index contributed by atoms with van der Waals surface area (Å²) in [6, 6.07) is 8.62. The van der Waals surface area contributed by atoms with Crippen LogP contribution in [-0.4, -0.2) is 26.7 Å². The maximum absolute atomic E-state index is 12.9. The Morgan fingerprint density at radius 2 is 2.04 bits per heavy atom. The molecular formula is C17H18N4O2. The SMILES string of the molecule is CCC(=O)NC(C(=O)N1Cc2cncnc2C1)c1ccccc1. The second-order valence-corrected chi connectivity index (χ2v) is 5.45. The molecule has 1 N–H and O–H groups in total. The molecule has 23 heavy (non-hydrogen) atoms. The summed E-state index contributed by atoms with van der Waals surface area (Å²) in [5.74, 6) is -0.278. The number of benzene rings is 1. The Morgan fingerprint density at radius 1 is 1.26 bits per heavy atom. The van der Waals surface area contributed by atoms with Gasteiger partial charge in [0.05, 0.1) is 12.2 Å². The van der Waals surface area contributed by atoms with E-state index in [-0.39, 0.29) is 11.8 Å². The van der Waals surface area contributed by atoms with Crippen molar-refractivity contribution < 1.29 is 9.59 Å². The molecule has 1 aliphatic heterocycles. The molecule has 6 nitrogen and oxygen atoms in total. The number of hydrogen-bond acceptors (Lipinski definition) is 4. The number of rotatable bonds is 4. The zero-order valence-corrected chi connectivity index (χ0v) is 12.9. The van der Waals surface area contributed by atoms with Crippen molar-refractivity contribution in [1.29, 1.82) is 0 Å². The van der Waals surface area contributed by atoms with Gasteiger partial charge in [0.25, 0.3) is 0 Å². The Hall–Kier alpha value is -2.76. The van der Waals surface area contributed by atoms with Gasteiger partial charge in [-0.05, 0) is 5.56 Å². The highest BCUT2D eigenvalue weighted by molar-refractivity contribution is 5.88. The first-order valence-corrected chi connectivity index (χ1v) is 7.60. The molecule has 1 unspecified atom stereocenters. The van der Waals surface area contributed by atoms with Gasteiger partial charge in [-0.1, -0.05) is 37.3 Å². The first-order valence-electron chi connectivity index (χ1n) is 7.60. The monoisotopic (exact) mass is 310 g/mol. The predicted octanol–water partition coefficient (Wildman–Crippen LogP) is 1.59. The van der Waals surface area contributed by atoms with E-state index in [9.17, 15) is 9.59 Å². The van der Waals surface area contributed by atoms with E-state index in [0.717, 1.165) is 16.8 Å². The van der Waals surface area contributed by atoms with Crippen molar-refractivity contribution in [2.24, 2.45) is 0 Å². The van der Waals surface area contributed by atoms with Gasteiger partial charge in [-0.15, -0.1) is 0 Å². The van der Waals surface area contributed by atoms with Crippen molar-refractivity contribution in [2.45, 2.75) is 32.5 Å². The molecule has 0 saturated carbocycles. The second kappa shape index (κ2) is 6.56. The lowest BCUT2D eigenvalue weighted by atomic mass is 10.1. The van der Waals surface area contributed by atoms with Gasteiger partial charge < -0.3 is 10.2 Å². The third kappa shape index (κ3) is 3.21. The third-order valence-corrected chi connectivity index (χ3v) is 3.90. The first kappa shape index (κ1) is 15.1. The molecule has 1 aromatic heterocycles. The molecule has 0 spiro atoms. The van der Waals surface area contributed by atoms with Gasteiger partial charge in [0.15, 0.2) is 0 Å². The zero-order valence-electron chi connectivity index (χ0n) is 12.9. The molecule has 2 amide bonds. The average molecular weight is 310 g/mol. The number of hydrogen-bond donors (Lipinski definition) is 1. The number of carbonyl (C=O) groups excluding carboxylic acids is 2. The van der Waals surface area contributed by atoms with Crippen LogP contribution in [0.3, 0.4) is 0 Å². The molecule has 1 aromatic carbocycles. The molecule has 6 heteroatoms. The van der Waals surface area contributed by atoms with Gasteiger partial charge in [-0.3, -0.25) is 9.59 Å². The third-order valence-electron chi connectivity index (χ3n) is 3.90. The highest BCUT2D eigenvalue weighted by Gasteiger charge is 2.31. The van der Waals surface area contributed by atoms with Crippen LogP contribution in [0, 0.1) is 0 Å². The fourth-order valence-electron chi connectivity index (χ4n) is 2.64. The lowest BCUT2D eigenvalue weighted by Gasteiger charge is -2.24. The number of fused-ring (bicyclic) bond motifs is 1. The summed E-state index contributed by atoms with van der Waals surface area (Å²) in [5, 5.41) is 2.82. The maximum Gasteiger partial charge on any atom is 0.250 e. The molecule has 0 radical (unpaired) electrons. The van der Waals surface area contributed by atoms with E-state index in [1.54, 1.807) is 18.0 Å². The van der Waals surface area contributed by atoms with Crippen LogP contribution in [-0.2, 0) is 22.7 Å². The van der Waals surface area contributed by atoms with Crippen LogP contribution >= 0.6 is 0 Å². The molecule has 2 heterocycles. The number of nitrogens with one attached hydrogen (secondary N) is 1. The molecule has 0 bridgehead atoms. The summed E-state index contributed by atoms with van der Waals surface area (Å²) in [6.07, 6.45) is 3.56. The molecule has 0 fully saturated rings. The minimum atomic E-state index is -0.675. The largest absolute Gasteiger partial charge is 0.341 e. The van der Waals surface area contributed by atoms with Crippen LogP contribution in [0.2, 0.25) is 0 Å². The Morgan fingerprint density at radius 3 is 2.74 bits per heavy atom. The molecule has 118 valence electrons. The van der Waals surface area contributed by atoms with Gasteiger partial charge >= 0.3 is 0 Å². The average Bonchev–Trinajstić information content (AvgIpc) is 3.03. The Balaban J connectivity index is 1.83. The summed E-state index contributed by atoms with van der Waals surface area (Å²) in [7, 11) is 0. The Labute approximate surface area is 134 Å². The summed E-state index contributed by atoms with van der Waals surface area (Å²) in [5.41, 5.74) is 2.60. The van der Waals surface area contributed by atoms with Crippen molar-refractivity contribution in [3.63, 3.8) is 0 Å². The minimum absolute atomic E-state index is 0.129. The van der Waals surface area contributed by atoms with E-state index in [1.165, 1.54) is 6.33 Å². The van der Waals surface area contributed by atoms with Crippen LogP contribution in [0.1, 0.15) is 36.2 Å². The van der Waals surface area contributed by atoms with Crippen LogP contribution < -0.4 is 5.32 Å². The number of carbonyl (C=O) groups is 2. The molecular weight excluding hydrogens is 292 g/mol. The fourth-order valence-corrected chi connectivity index (χ4v) is 2.64. The fraction of sp³-hybridized carbons (Fsp3) is 0.294. The molecule has 1 atom stereocenters. The predicted molar refractivity (Wildman–Crippen MR) is 83.9 cm³/mol. The highest BCUT2D eigenvalue weighted by atomic mass is 16.2. The normalized spacial score (nSPS) is 14.2. The zero-order chi connectivity index (χ0) is 16.2. The molecule has 1 aliphatic rings. The van der Waals surface area contributed by atoms with E-state index in [2.05, 4.69) is 15.3 Å². The summed E-state index contributed by atoms with van der Waals surface area (Å²) in [6.45, 7) is 2.69. The van der Waals surface area contributed by atoms with E-state index in [1.807, 2.05) is 30.3 Å². The van der Waals surface area contributed by atoms with Crippen molar-refractivity contribution in [1.82, 2.24) is 20.2 Å². The van der Waals surface area contributed by atoms with Crippen LogP contribution in [0.5, 0.6) is 0 Å². The smallest absolute Gasteiger partial charge is 0.250 e. The van der Waals surface area contributed by atoms with E-state index in [0.29, 0.717) is 19.5 Å². The minimum Gasteiger partial charge on any atom is -0.341 e. The summed E-state index contributed by atoms with van der Waals surface area (Å²) in [4.78, 5) is 34.7. The lowest BCUT2D eigenvalue weighted by Crippen LogP contribution is -2.40. The quantitative estimate of drug-likeness (QED) is 0.930. The number of nitrogens with zero attached hydrogens (tertiary/aromatic N) is 3. The van der Waals surface area contributed by atoms with Gasteiger partial charge in [0, 0.05) is 24.7 Å². The first-order chi connectivity index (χ1) is 11.2. The Bertz CT molecular complexity index is 693. The summed E-state index contributed by atoms with van der Waals surface area (Å²) >= 11 is 0. The van der Waals surface area contributed by atoms with E-state index >= 15 is 0 Å².